The topological polar surface area (TPSA) is 27.0 Å². The summed E-state index contributed by atoms with van der Waals surface area (Å²) < 4.78 is 0. The van der Waals surface area contributed by atoms with Crippen molar-refractivity contribution in [2.45, 2.75) is 51.6 Å². The predicted octanol–water partition coefficient (Wildman–Crippen LogP) is 1.88. The van der Waals surface area contributed by atoms with Crippen LogP contribution in [0.5, 0.6) is 0 Å². The van der Waals surface area contributed by atoms with Crippen molar-refractivity contribution in [2.75, 3.05) is 6.67 Å². The summed E-state index contributed by atoms with van der Waals surface area (Å²) in [5, 5.41) is 0. The second kappa shape index (κ2) is 4.07. The molecule has 1 N–H and O–H groups in total. The lowest BCUT2D eigenvalue weighted by atomic mass is 10.2. The first-order valence-electron chi connectivity index (χ1n) is 4.66. The van der Waals surface area contributed by atoms with Crippen LogP contribution in [-0.2, 0) is 0 Å². The molecule has 0 atom stereocenters. The maximum absolute atomic E-state index is 7.38. The Bertz CT molecular complexity index is 106. The molecule has 0 aromatic heterocycles. The van der Waals surface area contributed by atoms with Crippen molar-refractivity contribution in [3.63, 3.8) is 0 Å². The summed E-state index contributed by atoms with van der Waals surface area (Å²) in [7, 11) is 0. The molecule has 65 valence electrons. The highest BCUT2D eigenvalue weighted by atomic mass is 15.2. The van der Waals surface area contributed by atoms with E-state index in [1.54, 1.807) is 0 Å². The van der Waals surface area contributed by atoms with Crippen LogP contribution in [-0.4, -0.2) is 23.7 Å². The molecule has 0 amide bonds. The summed E-state index contributed by atoms with van der Waals surface area (Å²) in [4.78, 5) is 2.30. The number of hydrogen-bond acceptors (Lipinski definition) is 1. The average molecular weight is 155 g/mol. The zero-order valence-electron chi connectivity index (χ0n) is 7.64. The Kier molecular flexibility index (Phi) is 3.34. The number of nitrogens with one attached hydrogen (secondary N) is 1. The van der Waals surface area contributed by atoms with Crippen LogP contribution in [0, 0.1) is 0 Å². The minimum atomic E-state index is 0.475. The van der Waals surface area contributed by atoms with Gasteiger partial charge in [0.1, 0.15) is 0 Å². The van der Waals surface area contributed by atoms with E-state index in [-0.39, 0.29) is 0 Å². The van der Waals surface area contributed by atoms with Crippen molar-refractivity contribution in [3.8, 4) is 0 Å². The lowest BCUT2D eigenvalue weighted by Gasteiger charge is -2.30. The van der Waals surface area contributed by atoms with Gasteiger partial charge in [-0.25, -0.2) is 5.73 Å². The molecule has 1 rings (SSSR count). The van der Waals surface area contributed by atoms with Crippen molar-refractivity contribution in [3.05, 3.63) is 0 Å². The van der Waals surface area contributed by atoms with Gasteiger partial charge in [0, 0.05) is 12.1 Å². The first kappa shape index (κ1) is 9.01. The van der Waals surface area contributed by atoms with Crippen LogP contribution in [0.3, 0.4) is 0 Å². The summed E-state index contributed by atoms with van der Waals surface area (Å²) in [5.41, 5.74) is 7.38. The molecule has 0 unspecified atom stereocenters. The minimum absolute atomic E-state index is 0.475. The Hall–Kier alpha value is -0.0800. The van der Waals surface area contributed by atoms with Crippen molar-refractivity contribution < 1.29 is 0 Å². The van der Waals surface area contributed by atoms with Crippen molar-refractivity contribution in [2.24, 2.45) is 0 Å². The van der Waals surface area contributed by atoms with Gasteiger partial charge in [-0.3, -0.25) is 4.90 Å². The van der Waals surface area contributed by atoms with E-state index in [1.807, 2.05) is 0 Å². The maximum atomic E-state index is 7.38. The van der Waals surface area contributed by atoms with E-state index >= 15 is 0 Å². The summed E-state index contributed by atoms with van der Waals surface area (Å²) in [5.74, 6) is 0. The van der Waals surface area contributed by atoms with E-state index in [0.29, 0.717) is 18.8 Å². The first-order valence-corrected chi connectivity index (χ1v) is 4.66. The smallest absolute Gasteiger partial charge is 0.0620 e. The van der Waals surface area contributed by atoms with Gasteiger partial charge >= 0.3 is 0 Å². The monoisotopic (exact) mass is 155 g/mol. The minimum Gasteiger partial charge on any atom is -0.284 e. The van der Waals surface area contributed by atoms with Crippen LogP contribution >= 0.6 is 0 Å². The molecule has 1 aliphatic carbocycles. The Balaban J connectivity index is 2.40. The Morgan fingerprint density at radius 1 is 1.36 bits per heavy atom. The molecule has 0 bridgehead atoms. The molecule has 0 aromatic carbocycles. The van der Waals surface area contributed by atoms with Gasteiger partial charge in [0.2, 0.25) is 0 Å². The summed E-state index contributed by atoms with van der Waals surface area (Å²) in [6.45, 7) is 4.85. The molecular formula is C9H19N2. The van der Waals surface area contributed by atoms with E-state index in [2.05, 4.69) is 18.7 Å². The predicted molar refractivity (Wildman–Crippen MR) is 47.2 cm³/mol. The van der Waals surface area contributed by atoms with Crippen LogP contribution in [0.25, 0.3) is 0 Å². The molecule has 0 saturated heterocycles. The molecule has 1 aliphatic rings. The van der Waals surface area contributed by atoms with E-state index in [4.69, 9.17) is 5.73 Å². The highest BCUT2D eigenvalue weighted by Gasteiger charge is 2.22. The molecule has 0 spiro atoms. The molecule has 0 heterocycles. The Morgan fingerprint density at radius 3 is 2.27 bits per heavy atom. The van der Waals surface area contributed by atoms with E-state index < -0.39 is 0 Å². The summed E-state index contributed by atoms with van der Waals surface area (Å²) >= 11 is 0. The molecule has 2 nitrogen and oxygen atoms in total. The highest BCUT2D eigenvalue weighted by Crippen LogP contribution is 2.24. The van der Waals surface area contributed by atoms with Gasteiger partial charge in [-0.1, -0.05) is 12.8 Å². The maximum Gasteiger partial charge on any atom is 0.0620 e. The Labute approximate surface area is 69.8 Å². The van der Waals surface area contributed by atoms with Crippen LogP contribution in [0.4, 0.5) is 0 Å². The fraction of sp³-hybridized carbons (Fsp3) is 1.00. The molecule has 0 aromatic rings. The van der Waals surface area contributed by atoms with Gasteiger partial charge in [0.25, 0.3) is 0 Å². The average Bonchev–Trinajstić information content (AvgIpc) is 2.40. The van der Waals surface area contributed by atoms with Gasteiger partial charge in [-0.05, 0) is 26.7 Å². The standard InChI is InChI=1S/C9H19N2/c1-8(2)11(7-10)9-5-3-4-6-9/h8-10H,3-7H2,1-2H3. The third kappa shape index (κ3) is 2.17. The van der Waals surface area contributed by atoms with Crippen LogP contribution in [0.15, 0.2) is 0 Å². The van der Waals surface area contributed by atoms with Gasteiger partial charge < -0.3 is 0 Å². The molecule has 1 fully saturated rings. The van der Waals surface area contributed by atoms with E-state index in [9.17, 15) is 0 Å². The normalized spacial score (nSPS) is 20.5. The zero-order chi connectivity index (χ0) is 8.27. The third-order valence-electron chi connectivity index (χ3n) is 2.64. The van der Waals surface area contributed by atoms with Crippen LogP contribution in [0.1, 0.15) is 39.5 Å². The van der Waals surface area contributed by atoms with Gasteiger partial charge in [0.05, 0.1) is 6.67 Å². The fourth-order valence-corrected chi connectivity index (χ4v) is 1.97. The van der Waals surface area contributed by atoms with Gasteiger partial charge in [0.15, 0.2) is 0 Å². The zero-order valence-corrected chi connectivity index (χ0v) is 7.64. The SMILES string of the molecule is CC(C)N(C[NH])C1CCCC1. The quantitative estimate of drug-likeness (QED) is 0.611. The van der Waals surface area contributed by atoms with E-state index in [0.717, 1.165) is 0 Å². The van der Waals surface area contributed by atoms with E-state index in [1.165, 1.54) is 25.7 Å². The molecule has 2 heteroatoms. The van der Waals surface area contributed by atoms with Gasteiger partial charge in [-0.15, -0.1) is 0 Å². The summed E-state index contributed by atoms with van der Waals surface area (Å²) in [6, 6.07) is 1.27. The fourth-order valence-electron chi connectivity index (χ4n) is 1.97. The number of rotatable bonds is 3. The molecular weight excluding hydrogens is 136 g/mol. The lowest BCUT2D eigenvalue weighted by Crippen LogP contribution is -2.39. The van der Waals surface area contributed by atoms with Crippen LogP contribution in [0.2, 0.25) is 0 Å². The second-order valence-electron chi connectivity index (χ2n) is 3.70. The third-order valence-corrected chi connectivity index (χ3v) is 2.64. The van der Waals surface area contributed by atoms with Crippen LogP contribution < -0.4 is 5.73 Å². The molecule has 11 heavy (non-hydrogen) atoms. The van der Waals surface area contributed by atoms with Crippen molar-refractivity contribution >= 4 is 0 Å². The van der Waals surface area contributed by atoms with Crippen molar-refractivity contribution in [1.29, 1.82) is 0 Å². The lowest BCUT2D eigenvalue weighted by molar-refractivity contribution is 0.157. The largest absolute Gasteiger partial charge is 0.284 e. The highest BCUT2D eigenvalue weighted by molar-refractivity contribution is 4.78. The first-order chi connectivity index (χ1) is 5.25. The van der Waals surface area contributed by atoms with Crippen molar-refractivity contribution in [1.82, 2.24) is 10.6 Å². The number of hydrogen-bond donors (Lipinski definition) is 0. The second-order valence-corrected chi connectivity index (χ2v) is 3.70. The molecule has 1 saturated carbocycles. The number of nitrogens with zero attached hydrogens (tertiary/aromatic N) is 1. The Morgan fingerprint density at radius 2 is 1.91 bits per heavy atom. The molecule has 0 aliphatic heterocycles. The summed E-state index contributed by atoms with van der Waals surface area (Å²) in [6.07, 6.45) is 5.37. The molecule has 1 radical (unpaired) electrons. The van der Waals surface area contributed by atoms with Gasteiger partial charge in [-0.2, -0.15) is 0 Å².